The second-order valence-corrected chi connectivity index (χ2v) is 10.9. The number of para-hydroxylation sites is 1. The Bertz CT molecular complexity index is 1240. The average molecular weight is 453 g/mol. The van der Waals surface area contributed by atoms with Crippen molar-refractivity contribution in [3.63, 3.8) is 0 Å². The smallest absolute Gasteiger partial charge is 0.0581 e. The largest absolute Gasteiger partial charge is 0.401 e. The molecule has 6 rings (SSSR count). The molecule has 0 saturated carbocycles. The molecular formula is C30H32N2S. The minimum absolute atomic E-state index is 0.329. The summed E-state index contributed by atoms with van der Waals surface area (Å²) in [5.74, 6) is 0.574. The first kappa shape index (κ1) is 20.8. The highest BCUT2D eigenvalue weighted by Crippen LogP contribution is 2.47. The van der Waals surface area contributed by atoms with Gasteiger partial charge in [-0.15, -0.1) is 11.3 Å². The van der Waals surface area contributed by atoms with Gasteiger partial charge in [0.1, 0.15) is 0 Å². The molecule has 33 heavy (non-hydrogen) atoms. The average Bonchev–Trinajstić information content (AvgIpc) is 3.24. The summed E-state index contributed by atoms with van der Waals surface area (Å²) in [6.07, 6.45) is 23.6. The first-order chi connectivity index (χ1) is 16.2. The Morgan fingerprint density at radius 2 is 1.97 bits per heavy atom. The van der Waals surface area contributed by atoms with Gasteiger partial charge >= 0.3 is 0 Å². The first-order valence-corrected chi connectivity index (χ1v) is 13.2. The summed E-state index contributed by atoms with van der Waals surface area (Å²) < 4.78 is 0. The van der Waals surface area contributed by atoms with E-state index in [-0.39, 0.29) is 0 Å². The molecular weight excluding hydrogens is 420 g/mol. The fourth-order valence-corrected chi connectivity index (χ4v) is 7.47. The normalized spacial score (nSPS) is 27.2. The van der Waals surface area contributed by atoms with Gasteiger partial charge in [-0.3, -0.25) is 0 Å². The molecule has 2 aromatic rings. The van der Waals surface area contributed by atoms with Crippen molar-refractivity contribution in [2.45, 2.75) is 57.4 Å². The SMILES string of the molecule is C/C1=C\C=C(\N)CN(C2C=CC(C3CCCc4c3sc3c4CCC=C3)=CC2)c2ccccc21. The summed E-state index contributed by atoms with van der Waals surface area (Å²) in [4.78, 5) is 5.67. The molecule has 2 atom stereocenters. The van der Waals surface area contributed by atoms with E-state index in [9.17, 15) is 0 Å². The number of hydrogen-bond acceptors (Lipinski definition) is 3. The van der Waals surface area contributed by atoms with Crippen LogP contribution >= 0.6 is 11.3 Å². The standard InChI is InChI=1S/C30H32N2S/c1-20-13-16-22(31)19-32(28-11-4-2-7-24(20)28)23-17-14-21(15-18-23)25-9-6-10-27-26-8-3-5-12-29(26)33-30(25)27/h2,4-5,7,11-17,23,25H,3,6,8-10,18-19,31H2,1H3/b20-13+,22-16+. The minimum Gasteiger partial charge on any atom is -0.401 e. The topological polar surface area (TPSA) is 29.3 Å². The molecule has 0 radical (unpaired) electrons. The van der Waals surface area contributed by atoms with E-state index in [1.807, 2.05) is 0 Å². The van der Waals surface area contributed by atoms with E-state index in [1.54, 1.807) is 16.0 Å². The quantitative estimate of drug-likeness (QED) is 0.524. The van der Waals surface area contributed by atoms with Crippen LogP contribution < -0.4 is 10.6 Å². The van der Waals surface area contributed by atoms with Crippen molar-refractivity contribution in [1.29, 1.82) is 0 Å². The van der Waals surface area contributed by atoms with Crippen molar-refractivity contribution in [3.8, 4) is 0 Å². The van der Waals surface area contributed by atoms with Gasteiger partial charge < -0.3 is 10.6 Å². The van der Waals surface area contributed by atoms with Crippen LogP contribution in [0.1, 0.15) is 65.0 Å². The number of nitrogens with zero attached hydrogens (tertiary/aromatic N) is 1. The lowest BCUT2D eigenvalue weighted by Gasteiger charge is -2.36. The third kappa shape index (κ3) is 3.73. The molecule has 1 aliphatic heterocycles. The predicted octanol–water partition coefficient (Wildman–Crippen LogP) is 7.15. The van der Waals surface area contributed by atoms with E-state index in [0.29, 0.717) is 12.0 Å². The number of hydrogen-bond donors (Lipinski definition) is 1. The van der Waals surface area contributed by atoms with Crippen LogP contribution in [-0.4, -0.2) is 12.6 Å². The Morgan fingerprint density at radius 1 is 1.06 bits per heavy atom. The van der Waals surface area contributed by atoms with Crippen LogP contribution in [0.25, 0.3) is 11.6 Å². The number of fused-ring (bicyclic) bond motifs is 4. The van der Waals surface area contributed by atoms with Gasteiger partial charge in [-0.05, 0) is 85.9 Å². The van der Waals surface area contributed by atoms with E-state index in [0.717, 1.165) is 18.7 Å². The van der Waals surface area contributed by atoms with Crippen LogP contribution in [-0.2, 0) is 12.8 Å². The fraction of sp³-hybridized carbons (Fsp3) is 0.333. The minimum atomic E-state index is 0.329. The zero-order valence-corrected chi connectivity index (χ0v) is 20.2. The molecule has 0 bridgehead atoms. The molecule has 3 heteroatoms. The highest BCUT2D eigenvalue weighted by atomic mass is 32.1. The van der Waals surface area contributed by atoms with Crippen molar-refractivity contribution in [1.82, 2.24) is 0 Å². The summed E-state index contributed by atoms with van der Waals surface area (Å²) in [6.45, 7) is 2.94. The van der Waals surface area contributed by atoms with Crippen LogP contribution in [0.2, 0.25) is 0 Å². The Kier molecular flexibility index (Phi) is 5.38. The second-order valence-electron chi connectivity index (χ2n) is 9.78. The molecule has 3 aliphatic carbocycles. The lowest BCUT2D eigenvalue weighted by molar-refractivity contribution is 0.613. The molecule has 0 amide bonds. The summed E-state index contributed by atoms with van der Waals surface area (Å²) >= 11 is 2.06. The van der Waals surface area contributed by atoms with Gasteiger partial charge in [0.15, 0.2) is 0 Å². The molecule has 168 valence electrons. The molecule has 1 aromatic heterocycles. The van der Waals surface area contributed by atoms with E-state index in [1.165, 1.54) is 59.4 Å². The first-order valence-electron chi connectivity index (χ1n) is 12.4. The lowest BCUT2D eigenvalue weighted by atomic mass is 9.80. The van der Waals surface area contributed by atoms with E-state index in [4.69, 9.17) is 5.73 Å². The van der Waals surface area contributed by atoms with Gasteiger partial charge in [-0.25, -0.2) is 0 Å². The Balaban J connectivity index is 1.29. The van der Waals surface area contributed by atoms with Crippen molar-refractivity contribution < 1.29 is 0 Å². The van der Waals surface area contributed by atoms with E-state index >= 15 is 0 Å². The third-order valence-corrected chi connectivity index (χ3v) is 9.05. The lowest BCUT2D eigenvalue weighted by Crippen LogP contribution is -2.38. The number of thiophene rings is 1. The molecule has 0 fully saturated rings. The molecule has 1 aromatic carbocycles. The maximum absolute atomic E-state index is 6.40. The predicted molar refractivity (Wildman–Crippen MR) is 143 cm³/mol. The van der Waals surface area contributed by atoms with Crippen LogP contribution in [0.3, 0.4) is 0 Å². The van der Waals surface area contributed by atoms with Gasteiger partial charge in [0.25, 0.3) is 0 Å². The van der Waals surface area contributed by atoms with Crippen LogP contribution in [0.5, 0.6) is 0 Å². The van der Waals surface area contributed by atoms with Crippen LogP contribution in [0.15, 0.2) is 72.0 Å². The van der Waals surface area contributed by atoms with Gasteiger partial charge in [0.2, 0.25) is 0 Å². The van der Waals surface area contributed by atoms with Gasteiger partial charge in [0, 0.05) is 32.6 Å². The zero-order valence-electron chi connectivity index (χ0n) is 19.4. The van der Waals surface area contributed by atoms with Gasteiger partial charge in [-0.2, -0.15) is 0 Å². The van der Waals surface area contributed by atoms with Crippen LogP contribution in [0, 0.1) is 0 Å². The van der Waals surface area contributed by atoms with Crippen molar-refractivity contribution in [2.24, 2.45) is 5.73 Å². The highest BCUT2D eigenvalue weighted by Gasteiger charge is 2.30. The molecule has 2 unspecified atom stereocenters. The van der Waals surface area contributed by atoms with Gasteiger partial charge in [-0.1, -0.05) is 48.6 Å². The fourth-order valence-electron chi connectivity index (χ4n) is 5.98. The second kappa shape index (κ2) is 8.53. The summed E-state index contributed by atoms with van der Waals surface area (Å²) in [7, 11) is 0. The molecule has 4 aliphatic rings. The van der Waals surface area contributed by atoms with Crippen molar-refractivity contribution >= 4 is 28.7 Å². The van der Waals surface area contributed by atoms with Crippen molar-refractivity contribution in [2.75, 3.05) is 11.4 Å². The Hall–Kier alpha value is -2.78. The summed E-state index contributed by atoms with van der Waals surface area (Å²) in [5, 5.41) is 0. The third-order valence-electron chi connectivity index (χ3n) is 7.69. The Labute approximate surface area is 201 Å². The molecule has 0 saturated heterocycles. The maximum Gasteiger partial charge on any atom is 0.0581 e. The van der Waals surface area contributed by atoms with Gasteiger partial charge in [0.05, 0.1) is 12.6 Å². The number of benzene rings is 1. The Morgan fingerprint density at radius 3 is 2.85 bits per heavy atom. The summed E-state index contributed by atoms with van der Waals surface area (Å²) in [6, 6.07) is 9.08. The zero-order chi connectivity index (χ0) is 22.4. The molecule has 2 heterocycles. The van der Waals surface area contributed by atoms with E-state index in [2.05, 4.69) is 90.0 Å². The number of nitrogens with two attached hydrogens (primary N) is 1. The highest BCUT2D eigenvalue weighted by molar-refractivity contribution is 7.13. The summed E-state index contributed by atoms with van der Waals surface area (Å²) in [5.41, 5.74) is 16.0. The van der Waals surface area contributed by atoms with E-state index < -0.39 is 0 Å². The number of allylic oxidation sites excluding steroid dienone is 6. The van der Waals surface area contributed by atoms with Crippen molar-refractivity contribution in [3.05, 3.63) is 98.4 Å². The maximum atomic E-state index is 6.40. The molecule has 2 N–H and O–H groups in total. The van der Waals surface area contributed by atoms with Crippen LogP contribution in [0.4, 0.5) is 5.69 Å². The number of rotatable bonds is 2. The number of anilines is 1. The molecule has 2 nitrogen and oxygen atoms in total. The monoisotopic (exact) mass is 452 g/mol. The molecule has 0 spiro atoms.